The van der Waals surface area contributed by atoms with Crippen molar-refractivity contribution in [2.24, 2.45) is 5.92 Å². The number of sulfonamides is 1. The maximum atomic E-state index is 12.4. The summed E-state index contributed by atoms with van der Waals surface area (Å²) in [7, 11) is -3.17. The monoisotopic (exact) mass is 302 g/mol. The summed E-state index contributed by atoms with van der Waals surface area (Å²) in [6.45, 7) is 0.589. The Morgan fingerprint density at radius 2 is 2.05 bits per heavy atom. The third-order valence-electron chi connectivity index (χ3n) is 3.72. The number of nitrogens with zero attached hydrogens (tertiary/aromatic N) is 1. The van der Waals surface area contributed by atoms with Gasteiger partial charge in [-0.05, 0) is 49.3 Å². The van der Waals surface area contributed by atoms with Gasteiger partial charge in [-0.3, -0.25) is 4.31 Å². The van der Waals surface area contributed by atoms with Crippen molar-refractivity contribution in [3.63, 3.8) is 0 Å². The van der Waals surface area contributed by atoms with Crippen LogP contribution in [0.2, 0.25) is 0 Å². The molecule has 106 valence electrons. The van der Waals surface area contributed by atoms with E-state index in [1.807, 2.05) is 18.2 Å². The molecular weight excluding hydrogens is 284 g/mol. The molecule has 3 rings (SSSR count). The fraction of sp³-hybridized carbons (Fsp3) is 0.538. The van der Waals surface area contributed by atoms with Gasteiger partial charge in [0.2, 0.25) is 10.0 Å². The largest absolute Gasteiger partial charge is 0.398 e. The molecule has 1 saturated carbocycles. The van der Waals surface area contributed by atoms with E-state index in [0.29, 0.717) is 23.9 Å². The number of nitrogens with two attached hydrogens (primary N) is 1. The summed E-state index contributed by atoms with van der Waals surface area (Å²) in [5.41, 5.74) is 8.43. The number of nitrogen functional groups attached to an aromatic ring is 1. The average Bonchev–Trinajstić information content (AvgIpc) is 3.12. The molecule has 0 aromatic heterocycles. The minimum absolute atomic E-state index is 0. The molecule has 1 aromatic rings. The van der Waals surface area contributed by atoms with Crippen LogP contribution in [-0.4, -0.2) is 20.7 Å². The molecule has 1 fully saturated rings. The van der Waals surface area contributed by atoms with Crippen molar-refractivity contribution in [2.45, 2.75) is 25.7 Å². The van der Waals surface area contributed by atoms with Crippen molar-refractivity contribution >= 4 is 33.8 Å². The van der Waals surface area contributed by atoms with Gasteiger partial charge in [0, 0.05) is 12.2 Å². The molecule has 0 unspecified atom stereocenters. The minimum atomic E-state index is -3.17. The fourth-order valence-corrected chi connectivity index (χ4v) is 4.57. The van der Waals surface area contributed by atoms with Gasteiger partial charge in [0.15, 0.2) is 0 Å². The van der Waals surface area contributed by atoms with Crippen LogP contribution in [0.4, 0.5) is 11.4 Å². The Hall–Kier alpha value is -0.940. The highest BCUT2D eigenvalue weighted by Crippen LogP contribution is 2.36. The van der Waals surface area contributed by atoms with E-state index in [1.54, 1.807) is 4.31 Å². The molecule has 0 radical (unpaired) electrons. The first kappa shape index (κ1) is 14.5. The standard InChI is InChI=1S/C13H18N2O2S.ClH/c14-12-4-1-5-13-11(12)3-2-8-15(13)18(16,17)9-10-6-7-10;/h1,4-5,10H,2-3,6-9,14H2;1H. The van der Waals surface area contributed by atoms with Crippen LogP contribution in [0.15, 0.2) is 18.2 Å². The minimum Gasteiger partial charge on any atom is -0.398 e. The smallest absolute Gasteiger partial charge is 0.235 e. The molecule has 1 heterocycles. The van der Waals surface area contributed by atoms with E-state index < -0.39 is 10.0 Å². The third-order valence-corrected chi connectivity index (χ3v) is 5.67. The normalized spacial score (nSPS) is 18.6. The van der Waals surface area contributed by atoms with Gasteiger partial charge in [0.05, 0.1) is 11.4 Å². The van der Waals surface area contributed by atoms with E-state index in [-0.39, 0.29) is 12.4 Å². The first-order valence-corrected chi connectivity index (χ1v) is 8.06. The van der Waals surface area contributed by atoms with Crippen LogP contribution in [0.1, 0.15) is 24.8 Å². The predicted molar refractivity (Wildman–Crippen MR) is 80.3 cm³/mol. The van der Waals surface area contributed by atoms with Gasteiger partial charge in [-0.1, -0.05) is 6.07 Å². The molecule has 0 atom stereocenters. The maximum absolute atomic E-state index is 12.4. The van der Waals surface area contributed by atoms with Crippen molar-refractivity contribution in [3.05, 3.63) is 23.8 Å². The fourth-order valence-electron chi connectivity index (χ4n) is 2.58. The Bertz CT molecular complexity index is 570. The molecule has 1 aliphatic heterocycles. The van der Waals surface area contributed by atoms with Gasteiger partial charge in [-0.25, -0.2) is 8.42 Å². The van der Waals surface area contributed by atoms with Gasteiger partial charge >= 0.3 is 0 Å². The molecule has 19 heavy (non-hydrogen) atoms. The molecule has 1 aromatic carbocycles. The summed E-state index contributed by atoms with van der Waals surface area (Å²) in [4.78, 5) is 0. The van der Waals surface area contributed by atoms with Crippen molar-refractivity contribution in [2.75, 3.05) is 22.3 Å². The lowest BCUT2D eigenvalue weighted by atomic mass is 10.0. The molecule has 0 bridgehead atoms. The summed E-state index contributed by atoms with van der Waals surface area (Å²) in [5.74, 6) is 0.669. The van der Waals surface area contributed by atoms with Crippen molar-refractivity contribution in [1.82, 2.24) is 0 Å². The summed E-state index contributed by atoms with van der Waals surface area (Å²) in [6.07, 6.45) is 3.83. The van der Waals surface area contributed by atoms with Crippen molar-refractivity contribution < 1.29 is 8.42 Å². The van der Waals surface area contributed by atoms with E-state index >= 15 is 0 Å². The first-order chi connectivity index (χ1) is 8.58. The SMILES string of the molecule is Cl.Nc1cccc2c1CCCN2S(=O)(=O)CC1CC1. The number of benzene rings is 1. The van der Waals surface area contributed by atoms with Crippen LogP contribution in [-0.2, 0) is 16.4 Å². The lowest BCUT2D eigenvalue weighted by Crippen LogP contribution is -2.37. The summed E-state index contributed by atoms with van der Waals surface area (Å²) in [6, 6.07) is 5.55. The second kappa shape index (κ2) is 5.21. The molecule has 6 heteroatoms. The lowest BCUT2D eigenvalue weighted by Gasteiger charge is -2.31. The lowest BCUT2D eigenvalue weighted by molar-refractivity contribution is 0.583. The number of rotatable bonds is 3. The number of hydrogen-bond acceptors (Lipinski definition) is 3. The first-order valence-electron chi connectivity index (χ1n) is 6.46. The van der Waals surface area contributed by atoms with E-state index in [4.69, 9.17) is 5.73 Å². The van der Waals surface area contributed by atoms with Gasteiger partial charge in [0.1, 0.15) is 0 Å². The zero-order chi connectivity index (χ0) is 12.8. The van der Waals surface area contributed by atoms with E-state index in [2.05, 4.69) is 0 Å². The van der Waals surface area contributed by atoms with E-state index in [9.17, 15) is 8.42 Å². The van der Waals surface area contributed by atoms with Crippen LogP contribution < -0.4 is 10.0 Å². The second-order valence-corrected chi connectivity index (χ2v) is 7.18. The summed E-state index contributed by atoms with van der Waals surface area (Å²) in [5, 5.41) is 0. The van der Waals surface area contributed by atoms with Crippen LogP contribution in [0.25, 0.3) is 0 Å². The van der Waals surface area contributed by atoms with Crippen molar-refractivity contribution in [1.29, 1.82) is 0 Å². The quantitative estimate of drug-likeness (QED) is 0.871. The Kier molecular flexibility index (Phi) is 3.97. The van der Waals surface area contributed by atoms with E-state index in [1.165, 1.54) is 0 Å². The Morgan fingerprint density at radius 3 is 2.74 bits per heavy atom. The Labute approximate surface area is 120 Å². The van der Waals surface area contributed by atoms with Gasteiger partial charge in [-0.2, -0.15) is 0 Å². The number of hydrogen-bond donors (Lipinski definition) is 1. The second-order valence-electron chi connectivity index (χ2n) is 5.24. The van der Waals surface area contributed by atoms with Gasteiger partial charge < -0.3 is 5.73 Å². The van der Waals surface area contributed by atoms with Gasteiger partial charge in [-0.15, -0.1) is 12.4 Å². The average molecular weight is 303 g/mol. The highest BCUT2D eigenvalue weighted by atomic mass is 35.5. The molecule has 0 spiro atoms. The predicted octanol–water partition coefficient (Wildman–Crippen LogP) is 2.18. The van der Waals surface area contributed by atoms with Crippen LogP contribution >= 0.6 is 12.4 Å². The molecule has 2 N–H and O–H groups in total. The Balaban J connectivity index is 0.00000133. The third kappa shape index (κ3) is 2.82. The highest BCUT2D eigenvalue weighted by Gasteiger charge is 2.34. The molecular formula is C13H19ClN2O2S. The molecule has 0 saturated heterocycles. The topological polar surface area (TPSA) is 63.4 Å². The summed E-state index contributed by atoms with van der Waals surface area (Å²) < 4.78 is 26.4. The summed E-state index contributed by atoms with van der Waals surface area (Å²) >= 11 is 0. The maximum Gasteiger partial charge on any atom is 0.235 e. The van der Waals surface area contributed by atoms with Crippen molar-refractivity contribution in [3.8, 4) is 0 Å². The number of fused-ring (bicyclic) bond motifs is 1. The number of halogens is 1. The Morgan fingerprint density at radius 1 is 1.32 bits per heavy atom. The number of anilines is 2. The molecule has 4 nitrogen and oxygen atoms in total. The molecule has 0 amide bonds. The zero-order valence-electron chi connectivity index (χ0n) is 10.7. The van der Waals surface area contributed by atoms with Crippen LogP contribution in [0.5, 0.6) is 0 Å². The van der Waals surface area contributed by atoms with Crippen LogP contribution in [0.3, 0.4) is 0 Å². The van der Waals surface area contributed by atoms with E-state index in [0.717, 1.165) is 36.9 Å². The zero-order valence-corrected chi connectivity index (χ0v) is 12.3. The molecule has 1 aliphatic carbocycles. The van der Waals surface area contributed by atoms with Gasteiger partial charge in [0.25, 0.3) is 0 Å². The molecule has 2 aliphatic rings. The van der Waals surface area contributed by atoms with Crippen LogP contribution in [0, 0.1) is 5.92 Å². The highest BCUT2D eigenvalue weighted by molar-refractivity contribution is 7.92.